The molecular formula is C14H12F3N5S. The van der Waals surface area contributed by atoms with E-state index in [1.165, 1.54) is 6.33 Å². The SMILES string of the molecule is C[C@H](c1ccc(Nc2nc(C(F)(F)F)cs2)cc1)c1ncn[nH]1. The summed E-state index contributed by atoms with van der Waals surface area (Å²) < 4.78 is 37.6. The first kappa shape index (κ1) is 15.5. The van der Waals surface area contributed by atoms with E-state index >= 15 is 0 Å². The van der Waals surface area contributed by atoms with E-state index < -0.39 is 11.9 Å². The molecule has 0 saturated heterocycles. The molecular weight excluding hydrogens is 327 g/mol. The molecule has 0 aliphatic heterocycles. The van der Waals surface area contributed by atoms with Gasteiger partial charge in [-0.05, 0) is 17.7 Å². The quantitative estimate of drug-likeness (QED) is 0.748. The Labute approximate surface area is 133 Å². The molecule has 0 amide bonds. The number of rotatable bonds is 4. The minimum absolute atomic E-state index is 0.0447. The van der Waals surface area contributed by atoms with Crippen LogP contribution in [0.25, 0.3) is 0 Å². The molecule has 5 nitrogen and oxygen atoms in total. The number of nitrogens with one attached hydrogen (secondary N) is 2. The average molecular weight is 339 g/mol. The second-order valence-corrected chi connectivity index (χ2v) is 5.73. The number of aromatic nitrogens is 4. The van der Waals surface area contributed by atoms with Gasteiger partial charge in [-0.3, -0.25) is 5.10 Å². The standard InChI is InChI=1S/C14H12F3N5S/c1-8(12-18-7-19-22-12)9-2-4-10(5-3-9)20-13-21-11(6-23-13)14(15,16)17/h2-8H,1H3,(H,20,21)(H,18,19,22)/t8-/m1/s1. The second-order valence-electron chi connectivity index (χ2n) is 4.88. The van der Waals surface area contributed by atoms with E-state index in [4.69, 9.17) is 0 Å². The zero-order chi connectivity index (χ0) is 16.4. The Morgan fingerprint density at radius 2 is 1.96 bits per heavy atom. The van der Waals surface area contributed by atoms with Gasteiger partial charge in [0.2, 0.25) is 0 Å². The first-order chi connectivity index (χ1) is 10.9. The van der Waals surface area contributed by atoms with E-state index in [9.17, 15) is 13.2 Å². The third-order valence-corrected chi connectivity index (χ3v) is 4.06. The molecule has 3 aromatic rings. The number of aromatic amines is 1. The van der Waals surface area contributed by atoms with Crippen LogP contribution in [0.5, 0.6) is 0 Å². The molecule has 2 aromatic heterocycles. The molecule has 2 heterocycles. The van der Waals surface area contributed by atoms with Crippen LogP contribution < -0.4 is 5.32 Å². The topological polar surface area (TPSA) is 66.5 Å². The summed E-state index contributed by atoms with van der Waals surface area (Å²) in [7, 11) is 0. The molecule has 0 aliphatic rings. The fourth-order valence-electron chi connectivity index (χ4n) is 2.02. The van der Waals surface area contributed by atoms with Crippen molar-refractivity contribution >= 4 is 22.2 Å². The van der Waals surface area contributed by atoms with Crippen molar-refractivity contribution in [3.63, 3.8) is 0 Å². The maximum absolute atomic E-state index is 12.5. The van der Waals surface area contributed by atoms with Crippen molar-refractivity contribution in [3.05, 3.63) is 53.1 Å². The second kappa shape index (κ2) is 5.99. The van der Waals surface area contributed by atoms with E-state index in [0.29, 0.717) is 5.69 Å². The number of alkyl halides is 3. The molecule has 0 bridgehead atoms. The van der Waals surface area contributed by atoms with Crippen molar-refractivity contribution < 1.29 is 13.2 Å². The fourth-order valence-corrected chi connectivity index (χ4v) is 2.76. The minimum Gasteiger partial charge on any atom is -0.332 e. The molecule has 3 rings (SSSR count). The molecule has 120 valence electrons. The molecule has 0 aliphatic carbocycles. The largest absolute Gasteiger partial charge is 0.434 e. The lowest BCUT2D eigenvalue weighted by Gasteiger charge is -2.10. The van der Waals surface area contributed by atoms with Gasteiger partial charge in [-0.2, -0.15) is 18.3 Å². The average Bonchev–Trinajstić information content (AvgIpc) is 3.18. The normalized spacial score (nSPS) is 13.0. The van der Waals surface area contributed by atoms with Crippen LogP contribution in [-0.2, 0) is 6.18 Å². The number of thiazole rings is 1. The molecule has 0 spiro atoms. The third kappa shape index (κ3) is 3.50. The molecule has 0 radical (unpaired) electrons. The summed E-state index contributed by atoms with van der Waals surface area (Å²) in [6.45, 7) is 1.99. The van der Waals surface area contributed by atoms with Crippen molar-refractivity contribution in [2.24, 2.45) is 0 Å². The first-order valence-electron chi connectivity index (χ1n) is 6.68. The van der Waals surface area contributed by atoms with Crippen molar-refractivity contribution in [1.29, 1.82) is 0 Å². The van der Waals surface area contributed by atoms with Crippen LogP contribution in [0.2, 0.25) is 0 Å². The zero-order valence-corrected chi connectivity index (χ0v) is 12.7. The molecule has 1 aromatic carbocycles. The summed E-state index contributed by atoms with van der Waals surface area (Å²) in [5.74, 6) is 0.795. The predicted molar refractivity (Wildman–Crippen MR) is 80.7 cm³/mol. The van der Waals surface area contributed by atoms with Gasteiger partial charge >= 0.3 is 6.18 Å². The lowest BCUT2D eigenvalue weighted by molar-refractivity contribution is -0.140. The Morgan fingerprint density at radius 1 is 1.22 bits per heavy atom. The highest BCUT2D eigenvalue weighted by Crippen LogP contribution is 2.32. The number of halogens is 3. The number of hydrogen-bond donors (Lipinski definition) is 2. The van der Waals surface area contributed by atoms with Crippen LogP contribution in [0, 0.1) is 0 Å². The highest BCUT2D eigenvalue weighted by atomic mass is 32.1. The maximum atomic E-state index is 12.5. The number of anilines is 2. The number of H-pyrrole nitrogens is 1. The van der Waals surface area contributed by atoms with Gasteiger partial charge in [-0.15, -0.1) is 11.3 Å². The number of benzene rings is 1. The first-order valence-corrected chi connectivity index (χ1v) is 7.56. The van der Waals surface area contributed by atoms with Gasteiger partial charge in [-0.1, -0.05) is 19.1 Å². The smallest absolute Gasteiger partial charge is 0.332 e. The summed E-state index contributed by atoms with van der Waals surface area (Å²) in [6, 6.07) is 7.34. The lowest BCUT2D eigenvalue weighted by Crippen LogP contribution is -2.05. The van der Waals surface area contributed by atoms with E-state index in [-0.39, 0.29) is 11.0 Å². The Balaban J connectivity index is 1.71. The Morgan fingerprint density at radius 3 is 2.52 bits per heavy atom. The number of hydrogen-bond acceptors (Lipinski definition) is 5. The molecule has 9 heteroatoms. The predicted octanol–water partition coefficient (Wildman–Crippen LogP) is 4.18. The van der Waals surface area contributed by atoms with Crippen molar-refractivity contribution in [2.75, 3.05) is 5.32 Å². The molecule has 2 N–H and O–H groups in total. The van der Waals surface area contributed by atoms with Gasteiger partial charge in [0.1, 0.15) is 12.2 Å². The molecule has 0 saturated carbocycles. The van der Waals surface area contributed by atoms with E-state index in [2.05, 4.69) is 25.5 Å². The fraction of sp³-hybridized carbons (Fsp3) is 0.214. The molecule has 23 heavy (non-hydrogen) atoms. The highest BCUT2D eigenvalue weighted by Gasteiger charge is 2.33. The highest BCUT2D eigenvalue weighted by molar-refractivity contribution is 7.13. The molecule has 1 atom stereocenters. The van der Waals surface area contributed by atoms with Gasteiger partial charge in [-0.25, -0.2) is 9.97 Å². The van der Waals surface area contributed by atoms with Gasteiger partial charge < -0.3 is 5.32 Å². The maximum Gasteiger partial charge on any atom is 0.434 e. The van der Waals surface area contributed by atoms with Gasteiger partial charge in [0.25, 0.3) is 0 Å². The Bertz CT molecular complexity index is 765. The third-order valence-electron chi connectivity index (χ3n) is 3.30. The summed E-state index contributed by atoms with van der Waals surface area (Å²) in [5, 5.41) is 10.7. The summed E-state index contributed by atoms with van der Waals surface area (Å²) in [6.07, 6.45) is -2.98. The number of nitrogens with zero attached hydrogens (tertiary/aromatic N) is 3. The van der Waals surface area contributed by atoms with Gasteiger partial charge in [0, 0.05) is 17.0 Å². The van der Waals surface area contributed by atoms with Crippen LogP contribution >= 0.6 is 11.3 Å². The van der Waals surface area contributed by atoms with Gasteiger partial charge in [0.15, 0.2) is 10.8 Å². The monoisotopic (exact) mass is 339 g/mol. The van der Waals surface area contributed by atoms with Crippen molar-refractivity contribution in [2.45, 2.75) is 19.0 Å². The summed E-state index contributed by atoms with van der Waals surface area (Å²) in [4.78, 5) is 7.65. The van der Waals surface area contributed by atoms with E-state index in [1.54, 1.807) is 12.1 Å². The van der Waals surface area contributed by atoms with Crippen LogP contribution in [0.4, 0.5) is 24.0 Å². The van der Waals surface area contributed by atoms with Crippen LogP contribution in [0.1, 0.15) is 29.9 Å². The minimum atomic E-state index is -4.42. The van der Waals surface area contributed by atoms with E-state index in [1.807, 2.05) is 19.1 Å². The van der Waals surface area contributed by atoms with Crippen LogP contribution in [0.15, 0.2) is 36.0 Å². The molecule has 0 unspecified atom stereocenters. The lowest BCUT2D eigenvalue weighted by atomic mass is 10.0. The summed E-state index contributed by atoms with van der Waals surface area (Å²) >= 11 is 0.914. The van der Waals surface area contributed by atoms with Crippen LogP contribution in [0.3, 0.4) is 0 Å². The van der Waals surface area contributed by atoms with Gasteiger partial charge in [0.05, 0.1) is 0 Å². The Kier molecular flexibility index (Phi) is 4.03. The molecule has 0 fully saturated rings. The van der Waals surface area contributed by atoms with Crippen molar-refractivity contribution in [1.82, 2.24) is 20.2 Å². The van der Waals surface area contributed by atoms with Crippen LogP contribution in [-0.4, -0.2) is 20.2 Å². The zero-order valence-electron chi connectivity index (χ0n) is 11.9. The Hall–Kier alpha value is -2.42. The summed E-state index contributed by atoms with van der Waals surface area (Å²) in [5.41, 5.74) is 0.796. The van der Waals surface area contributed by atoms with E-state index in [0.717, 1.165) is 28.1 Å². The van der Waals surface area contributed by atoms with Crippen molar-refractivity contribution in [3.8, 4) is 0 Å².